The van der Waals surface area contributed by atoms with Crippen LogP contribution in [0.2, 0.25) is 0 Å². The van der Waals surface area contributed by atoms with Gasteiger partial charge in [0, 0.05) is 25.4 Å². The Kier molecular flexibility index (Phi) is 5.05. The summed E-state index contributed by atoms with van der Waals surface area (Å²) in [5.74, 6) is 0.558. The van der Waals surface area contributed by atoms with Gasteiger partial charge < -0.3 is 10.1 Å². The monoisotopic (exact) mass is 229 g/mol. The molecule has 0 aromatic carbocycles. The molecule has 1 unspecified atom stereocenters. The quantitative estimate of drug-likeness (QED) is 0.727. The van der Waals surface area contributed by atoms with Crippen molar-refractivity contribution in [3.63, 3.8) is 0 Å². The molecule has 0 aromatic rings. The van der Waals surface area contributed by atoms with E-state index in [9.17, 15) is 13.2 Å². The van der Waals surface area contributed by atoms with E-state index in [1.807, 2.05) is 0 Å². The maximum absolute atomic E-state index is 11.7. The van der Waals surface area contributed by atoms with Gasteiger partial charge >= 0.3 is 5.51 Å². The topological polar surface area (TPSA) is 21.3 Å². The molecule has 0 aromatic heterocycles. The minimum Gasteiger partial charge on any atom is -0.381 e. The molecular formula is C8H14F3NOS. The zero-order chi connectivity index (χ0) is 10.4. The van der Waals surface area contributed by atoms with Gasteiger partial charge in [-0.15, -0.1) is 0 Å². The van der Waals surface area contributed by atoms with Crippen molar-refractivity contribution < 1.29 is 17.9 Å². The molecule has 0 bridgehead atoms. The molecule has 1 aliphatic rings. The number of ether oxygens (including phenoxy) is 1. The molecule has 1 heterocycles. The minimum atomic E-state index is -4.10. The molecule has 1 fully saturated rings. The fourth-order valence-corrected chi connectivity index (χ4v) is 1.77. The van der Waals surface area contributed by atoms with Crippen LogP contribution < -0.4 is 5.32 Å². The third-order valence-corrected chi connectivity index (χ3v) is 2.74. The number of halogens is 3. The summed E-state index contributed by atoms with van der Waals surface area (Å²) in [6, 6.07) is 0. The molecule has 0 spiro atoms. The predicted octanol–water partition coefficient (Wildman–Crippen LogP) is 1.87. The fraction of sp³-hybridized carbons (Fsp3) is 1.00. The van der Waals surface area contributed by atoms with Gasteiger partial charge in [0.15, 0.2) is 0 Å². The van der Waals surface area contributed by atoms with Crippen molar-refractivity contribution >= 4 is 11.8 Å². The third kappa shape index (κ3) is 5.72. The normalized spacial score (nSPS) is 22.9. The lowest BCUT2D eigenvalue weighted by atomic mass is 10.1. The van der Waals surface area contributed by atoms with Crippen LogP contribution >= 0.6 is 11.8 Å². The maximum Gasteiger partial charge on any atom is 0.441 e. The van der Waals surface area contributed by atoms with Crippen LogP contribution in [0.4, 0.5) is 13.2 Å². The van der Waals surface area contributed by atoms with Crippen LogP contribution in [0.15, 0.2) is 0 Å². The van der Waals surface area contributed by atoms with Gasteiger partial charge in [-0.3, -0.25) is 0 Å². The minimum absolute atomic E-state index is 0.0223. The van der Waals surface area contributed by atoms with Crippen LogP contribution in [0.3, 0.4) is 0 Å². The van der Waals surface area contributed by atoms with Gasteiger partial charge in [-0.05, 0) is 24.1 Å². The lowest BCUT2D eigenvalue weighted by Crippen LogP contribution is -2.25. The van der Waals surface area contributed by atoms with E-state index in [1.165, 1.54) is 0 Å². The lowest BCUT2D eigenvalue weighted by molar-refractivity contribution is -0.0327. The molecule has 0 radical (unpaired) electrons. The van der Waals surface area contributed by atoms with Crippen molar-refractivity contribution in [2.75, 3.05) is 32.1 Å². The number of hydrogen-bond donors (Lipinski definition) is 1. The van der Waals surface area contributed by atoms with Crippen LogP contribution in [0, 0.1) is 5.92 Å². The van der Waals surface area contributed by atoms with Crippen molar-refractivity contribution in [2.24, 2.45) is 5.92 Å². The third-order valence-electron chi connectivity index (χ3n) is 2.00. The lowest BCUT2D eigenvalue weighted by Gasteiger charge is -2.09. The van der Waals surface area contributed by atoms with E-state index in [-0.39, 0.29) is 17.5 Å². The molecule has 1 aliphatic heterocycles. The Morgan fingerprint density at radius 2 is 2.21 bits per heavy atom. The van der Waals surface area contributed by atoms with E-state index in [1.54, 1.807) is 0 Å². The highest BCUT2D eigenvalue weighted by molar-refractivity contribution is 8.00. The Labute approximate surface area is 85.6 Å². The van der Waals surface area contributed by atoms with Crippen LogP contribution in [0.1, 0.15) is 6.42 Å². The maximum atomic E-state index is 11.7. The van der Waals surface area contributed by atoms with E-state index in [2.05, 4.69) is 5.32 Å². The molecule has 0 amide bonds. The number of alkyl halides is 3. The van der Waals surface area contributed by atoms with Crippen molar-refractivity contribution in [3.05, 3.63) is 0 Å². The van der Waals surface area contributed by atoms with E-state index < -0.39 is 5.51 Å². The molecule has 6 heteroatoms. The van der Waals surface area contributed by atoms with Gasteiger partial charge in [-0.2, -0.15) is 13.2 Å². The first-order valence-corrected chi connectivity index (χ1v) is 5.55. The number of thioether (sulfide) groups is 1. The van der Waals surface area contributed by atoms with E-state index in [0.29, 0.717) is 12.5 Å². The fourth-order valence-electron chi connectivity index (χ4n) is 1.29. The number of rotatable bonds is 5. The molecule has 14 heavy (non-hydrogen) atoms. The number of hydrogen-bond acceptors (Lipinski definition) is 3. The van der Waals surface area contributed by atoms with Crippen molar-refractivity contribution in [3.8, 4) is 0 Å². The van der Waals surface area contributed by atoms with Crippen molar-refractivity contribution in [2.45, 2.75) is 11.9 Å². The first-order valence-electron chi connectivity index (χ1n) is 4.57. The zero-order valence-electron chi connectivity index (χ0n) is 7.77. The summed E-state index contributed by atoms with van der Waals surface area (Å²) in [5, 5.41) is 3.00. The zero-order valence-corrected chi connectivity index (χ0v) is 8.59. The van der Waals surface area contributed by atoms with E-state index in [0.717, 1.165) is 26.2 Å². The molecule has 0 aliphatic carbocycles. The average molecular weight is 229 g/mol. The molecule has 0 saturated carbocycles. The smallest absolute Gasteiger partial charge is 0.381 e. The van der Waals surface area contributed by atoms with Gasteiger partial charge in [0.2, 0.25) is 0 Å². The Hall–Kier alpha value is 0.0600. The van der Waals surface area contributed by atoms with E-state index >= 15 is 0 Å². The summed E-state index contributed by atoms with van der Waals surface area (Å²) in [7, 11) is 0. The molecule has 1 rings (SSSR count). The van der Waals surface area contributed by atoms with Gasteiger partial charge in [0.1, 0.15) is 0 Å². The van der Waals surface area contributed by atoms with Crippen LogP contribution in [-0.2, 0) is 4.74 Å². The summed E-state index contributed by atoms with van der Waals surface area (Å²) < 4.78 is 40.2. The highest BCUT2D eigenvalue weighted by Gasteiger charge is 2.27. The average Bonchev–Trinajstić information content (AvgIpc) is 2.54. The summed E-state index contributed by atoms with van der Waals surface area (Å²) >= 11 is 0.0223. The molecule has 1 N–H and O–H groups in total. The van der Waals surface area contributed by atoms with Gasteiger partial charge in [-0.25, -0.2) is 0 Å². The molecule has 1 atom stereocenters. The summed E-state index contributed by atoms with van der Waals surface area (Å²) in [4.78, 5) is 0. The standard InChI is InChI=1S/C8H14F3NOS/c9-8(10,11)14-4-2-12-5-7-1-3-13-6-7/h7,12H,1-6H2. The SMILES string of the molecule is FC(F)(F)SCCNCC1CCOC1. The molecule has 84 valence electrons. The second-order valence-electron chi connectivity index (χ2n) is 3.23. The summed E-state index contributed by atoms with van der Waals surface area (Å²) in [6.45, 7) is 2.68. The Morgan fingerprint density at radius 3 is 2.79 bits per heavy atom. The Balaban J connectivity index is 1.89. The van der Waals surface area contributed by atoms with Gasteiger partial charge in [0.05, 0.1) is 6.61 Å². The number of nitrogens with one attached hydrogen (secondary N) is 1. The van der Waals surface area contributed by atoms with Crippen molar-refractivity contribution in [1.29, 1.82) is 0 Å². The highest BCUT2D eigenvalue weighted by Crippen LogP contribution is 2.29. The van der Waals surface area contributed by atoms with E-state index in [4.69, 9.17) is 4.74 Å². The first-order chi connectivity index (χ1) is 6.58. The van der Waals surface area contributed by atoms with Crippen LogP contribution in [-0.4, -0.2) is 37.6 Å². The van der Waals surface area contributed by atoms with Crippen LogP contribution in [0.5, 0.6) is 0 Å². The second kappa shape index (κ2) is 5.82. The highest BCUT2D eigenvalue weighted by atomic mass is 32.2. The molecular weight excluding hydrogens is 215 g/mol. The molecule has 2 nitrogen and oxygen atoms in total. The largest absolute Gasteiger partial charge is 0.441 e. The predicted molar refractivity (Wildman–Crippen MR) is 50.3 cm³/mol. The Bertz CT molecular complexity index is 159. The summed E-state index contributed by atoms with van der Waals surface area (Å²) in [6.07, 6.45) is 1.01. The first kappa shape index (κ1) is 12.1. The molecule has 1 saturated heterocycles. The van der Waals surface area contributed by atoms with Crippen LogP contribution in [0.25, 0.3) is 0 Å². The second-order valence-corrected chi connectivity index (χ2v) is 4.39. The summed E-state index contributed by atoms with van der Waals surface area (Å²) in [5.41, 5.74) is -4.10. The van der Waals surface area contributed by atoms with Gasteiger partial charge in [0.25, 0.3) is 0 Å². The Morgan fingerprint density at radius 1 is 1.43 bits per heavy atom. The van der Waals surface area contributed by atoms with Gasteiger partial charge in [-0.1, -0.05) is 0 Å². The van der Waals surface area contributed by atoms with Crippen molar-refractivity contribution in [1.82, 2.24) is 5.32 Å².